The summed E-state index contributed by atoms with van der Waals surface area (Å²) in [6.07, 6.45) is 0. The van der Waals surface area contributed by atoms with Crippen LogP contribution in [0.2, 0.25) is 0 Å². The largest absolute Gasteiger partial charge is 0.329 e. The lowest BCUT2D eigenvalue weighted by atomic mass is 10.1. The molecule has 0 amide bonds. The van der Waals surface area contributed by atoms with Gasteiger partial charge in [0.15, 0.2) is 0 Å². The van der Waals surface area contributed by atoms with Gasteiger partial charge in [0.1, 0.15) is 0 Å². The minimum absolute atomic E-state index is 0.192. The molecule has 0 spiro atoms. The normalized spacial score (nSPS) is 12.3. The second kappa shape index (κ2) is 7.00. The maximum atomic E-state index is 8.95. The monoisotopic (exact) mass is 349 g/mol. The third-order valence-corrected chi connectivity index (χ3v) is 4.89. The van der Waals surface area contributed by atoms with Gasteiger partial charge < -0.3 is 5.73 Å². The second-order valence-corrected chi connectivity index (χ2v) is 7.12. The molecule has 0 aliphatic rings. The van der Waals surface area contributed by atoms with E-state index in [0.29, 0.717) is 12.1 Å². The summed E-state index contributed by atoms with van der Waals surface area (Å²) in [6.45, 7) is 1.34. The standard InChI is InChI=1S/C15H16BrN3S/c1-19(10-12-4-2-3-11(7-12)8-17)13(9-18)14-5-6-15(16)20-14/h2-7,13H,9-10,18H2,1H3. The molecular weight excluding hydrogens is 334 g/mol. The van der Waals surface area contributed by atoms with Crippen molar-refractivity contribution in [2.75, 3.05) is 13.6 Å². The van der Waals surface area contributed by atoms with E-state index in [0.717, 1.165) is 15.9 Å². The zero-order chi connectivity index (χ0) is 14.5. The number of halogens is 1. The number of hydrogen-bond donors (Lipinski definition) is 1. The van der Waals surface area contributed by atoms with Crippen LogP contribution in [0.1, 0.15) is 22.0 Å². The number of nitriles is 1. The highest BCUT2D eigenvalue weighted by Crippen LogP contribution is 2.30. The molecule has 0 radical (unpaired) electrons. The van der Waals surface area contributed by atoms with E-state index in [1.165, 1.54) is 4.88 Å². The minimum atomic E-state index is 0.192. The number of likely N-dealkylation sites (N-methyl/N-ethyl adjacent to an activating group) is 1. The molecule has 5 heteroatoms. The van der Waals surface area contributed by atoms with Crippen LogP contribution in [0.5, 0.6) is 0 Å². The van der Waals surface area contributed by atoms with Crippen molar-refractivity contribution in [1.29, 1.82) is 5.26 Å². The number of thiophene rings is 1. The number of nitrogens with zero attached hydrogens (tertiary/aromatic N) is 2. The van der Waals surface area contributed by atoms with Crippen LogP contribution in [0.25, 0.3) is 0 Å². The molecule has 20 heavy (non-hydrogen) atoms. The average molecular weight is 350 g/mol. The third kappa shape index (κ3) is 3.68. The van der Waals surface area contributed by atoms with Crippen LogP contribution in [0.3, 0.4) is 0 Å². The van der Waals surface area contributed by atoms with Crippen molar-refractivity contribution in [1.82, 2.24) is 4.90 Å². The van der Waals surface area contributed by atoms with Gasteiger partial charge in [-0.1, -0.05) is 12.1 Å². The van der Waals surface area contributed by atoms with E-state index in [4.69, 9.17) is 11.0 Å². The molecule has 2 rings (SSSR count). The van der Waals surface area contributed by atoms with E-state index in [-0.39, 0.29) is 6.04 Å². The van der Waals surface area contributed by atoms with Crippen molar-refractivity contribution in [3.05, 3.63) is 56.2 Å². The van der Waals surface area contributed by atoms with Gasteiger partial charge in [0.25, 0.3) is 0 Å². The summed E-state index contributed by atoms with van der Waals surface area (Å²) >= 11 is 5.20. The SMILES string of the molecule is CN(Cc1cccc(C#N)c1)C(CN)c1ccc(Br)s1. The van der Waals surface area contributed by atoms with Gasteiger partial charge in [-0.05, 0) is 52.8 Å². The van der Waals surface area contributed by atoms with Gasteiger partial charge in [0, 0.05) is 18.0 Å². The topological polar surface area (TPSA) is 53.0 Å². The molecule has 0 fully saturated rings. The fourth-order valence-corrected chi connectivity index (χ4v) is 3.76. The van der Waals surface area contributed by atoms with E-state index in [1.54, 1.807) is 11.3 Å². The highest BCUT2D eigenvalue weighted by molar-refractivity contribution is 9.11. The Bertz CT molecular complexity index is 618. The van der Waals surface area contributed by atoms with Crippen LogP contribution < -0.4 is 5.73 Å². The Morgan fingerprint density at radius 1 is 1.40 bits per heavy atom. The van der Waals surface area contributed by atoms with Crippen molar-refractivity contribution in [2.24, 2.45) is 5.73 Å². The average Bonchev–Trinajstić information content (AvgIpc) is 2.86. The Kier molecular flexibility index (Phi) is 5.32. The molecule has 1 atom stereocenters. The molecule has 0 bridgehead atoms. The second-order valence-electron chi connectivity index (χ2n) is 4.62. The number of benzene rings is 1. The summed E-state index contributed by atoms with van der Waals surface area (Å²) < 4.78 is 1.12. The van der Waals surface area contributed by atoms with Gasteiger partial charge in [0.2, 0.25) is 0 Å². The predicted octanol–water partition coefficient (Wildman–Crippen LogP) is 3.51. The molecule has 2 aromatic rings. The Morgan fingerprint density at radius 2 is 2.20 bits per heavy atom. The highest BCUT2D eigenvalue weighted by atomic mass is 79.9. The molecule has 2 N–H and O–H groups in total. The van der Waals surface area contributed by atoms with Gasteiger partial charge in [0.05, 0.1) is 21.5 Å². The van der Waals surface area contributed by atoms with E-state index in [9.17, 15) is 0 Å². The molecule has 1 heterocycles. The lowest BCUT2D eigenvalue weighted by Crippen LogP contribution is -2.29. The molecule has 104 valence electrons. The maximum absolute atomic E-state index is 8.95. The van der Waals surface area contributed by atoms with Gasteiger partial charge in [-0.2, -0.15) is 5.26 Å². The Balaban J connectivity index is 2.13. The van der Waals surface area contributed by atoms with E-state index < -0.39 is 0 Å². The molecule has 0 saturated carbocycles. The summed E-state index contributed by atoms with van der Waals surface area (Å²) in [7, 11) is 2.06. The van der Waals surface area contributed by atoms with Crippen molar-refractivity contribution in [3.8, 4) is 6.07 Å². The van der Waals surface area contributed by atoms with Gasteiger partial charge in [-0.15, -0.1) is 11.3 Å². The van der Waals surface area contributed by atoms with Crippen LogP contribution >= 0.6 is 27.3 Å². The maximum Gasteiger partial charge on any atom is 0.0991 e. The summed E-state index contributed by atoms with van der Waals surface area (Å²) in [5.41, 5.74) is 7.74. The van der Waals surface area contributed by atoms with E-state index in [1.807, 2.05) is 30.3 Å². The molecule has 0 saturated heterocycles. The summed E-state index contributed by atoms with van der Waals surface area (Å²) in [4.78, 5) is 3.47. The van der Waals surface area contributed by atoms with Crippen molar-refractivity contribution >= 4 is 27.3 Å². The molecular formula is C15H16BrN3S. The van der Waals surface area contributed by atoms with Crippen LogP contribution in [0.4, 0.5) is 0 Å². The first-order chi connectivity index (χ1) is 9.63. The number of rotatable bonds is 5. The van der Waals surface area contributed by atoms with Crippen molar-refractivity contribution < 1.29 is 0 Å². The smallest absolute Gasteiger partial charge is 0.0991 e. The zero-order valence-corrected chi connectivity index (χ0v) is 13.6. The van der Waals surface area contributed by atoms with Crippen LogP contribution in [0.15, 0.2) is 40.2 Å². The van der Waals surface area contributed by atoms with Gasteiger partial charge >= 0.3 is 0 Å². The Hall–Kier alpha value is -1.19. The fraction of sp³-hybridized carbons (Fsp3) is 0.267. The Morgan fingerprint density at radius 3 is 2.80 bits per heavy atom. The first-order valence-corrected chi connectivity index (χ1v) is 7.89. The molecule has 1 aromatic carbocycles. The molecule has 3 nitrogen and oxygen atoms in total. The van der Waals surface area contributed by atoms with E-state index >= 15 is 0 Å². The molecule has 0 aliphatic heterocycles. The number of nitrogens with two attached hydrogens (primary N) is 1. The van der Waals surface area contributed by atoms with Crippen molar-refractivity contribution in [2.45, 2.75) is 12.6 Å². The zero-order valence-electron chi connectivity index (χ0n) is 11.2. The first kappa shape index (κ1) is 15.2. The Labute approximate surface area is 131 Å². The van der Waals surface area contributed by atoms with Crippen molar-refractivity contribution in [3.63, 3.8) is 0 Å². The first-order valence-electron chi connectivity index (χ1n) is 6.28. The summed E-state index contributed by atoms with van der Waals surface area (Å²) in [6, 6.07) is 14.2. The minimum Gasteiger partial charge on any atom is -0.329 e. The highest BCUT2D eigenvalue weighted by Gasteiger charge is 2.17. The van der Waals surface area contributed by atoms with Crippen LogP contribution in [-0.4, -0.2) is 18.5 Å². The fourth-order valence-electron chi connectivity index (χ4n) is 2.16. The van der Waals surface area contributed by atoms with Gasteiger partial charge in [-0.25, -0.2) is 0 Å². The third-order valence-electron chi connectivity index (χ3n) is 3.17. The summed E-state index contributed by atoms with van der Waals surface area (Å²) in [5, 5.41) is 8.95. The van der Waals surface area contributed by atoms with Gasteiger partial charge in [-0.3, -0.25) is 4.90 Å². The van der Waals surface area contributed by atoms with Crippen LogP contribution in [-0.2, 0) is 6.54 Å². The van der Waals surface area contributed by atoms with Crippen LogP contribution in [0, 0.1) is 11.3 Å². The number of hydrogen-bond acceptors (Lipinski definition) is 4. The predicted molar refractivity (Wildman–Crippen MR) is 86.4 cm³/mol. The summed E-state index contributed by atoms with van der Waals surface area (Å²) in [5.74, 6) is 0. The molecule has 1 aromatic heterocycles. The molecule has 0 aliphatic carbocycles. The quantitative estimate of drug-likeness (QED) is 0.898. The molecule has 1 unspecified atom stereocenters. The lowest BCUT2D eigenvalue weighted by molar-refractivity contribution is 0.245. The lowest BCUT2D eigenvalue weighted by Gasteiger charge is -2.26. The van der Waals surface area contributed by atoms with E-state index in [2.05, 4.69) is 40.0 Å².